The first-order valence-corrected chi connectivity index (χ1v) is 7.32. The third kappa shape index (κ3) is 4.10. The monoisotopic (exact) mass is 385 g/mol. The molecule has 0 fully saturated rings. The van der Waals surface area contributed by atoms with Gasteiger partial charge in [0.25, 0.3) is 0 Å². The Labute approximate surface area is 144 Å². The number of hydrogen-bond acceptors (Lipinski definition) is 5. The summed E-state index contributed by atoms with van der Waals surface area (Å²) in [5, 5.41) is 19.7. The molecule has 0 saturated heterocycles. The Morgan fingerprint density at radius 1 is 1.00 bits per heavy atom. The van der Waals surface area contributed by atoms with Crippen molar-refractivity contribution in [2.75, 3.05) is 6.54 Å². The fourth-order valence-electron chi connectivity index (χ4n) is 2.22. The number of likely N-dealkylation sites (N-methyl/N-ethyl adjacent to an activating group) is 1. The van der Waals surface area contributed by atoms with Gasteiger partial charge in [0.15, 0.2) is 6.10 Å². The number of nitrogens with zero attached hydrogens (tertiary/aromatic N) is 1. The van der Waals surface area contributed by atoms with Crippen LogP contribution >= 0.6 is 0 Å². The summed E-state index contributed by atoms with van der Waals surface area (Å²) in [5.41, 5.74) is 0. The van der Waals surface area contributed by atoms with Crippen LogP contribution in [0.3, 0.4) is 0 Å². The number of carbonyl (C=O) groups excluding carboxylic acids is 2. The summed E-state index contributed by atoms with van der Waals surface area (Å²) < 4.78 is 70.1. The quantitative estimate of drug-likeness (QED) is 0.253. The molecule has 1 amide bonds. The summed E-state index contributed by atoms with van der Waals surface area (Å²) in [6.07, 6.45) is -4.37. The molecule has 1 rings (SSSR count). The zero-order valence-corrected chi connectivity index (χ0v) is 13.9. The van der Waals surface area contributed by atoms with E-state index in [0.717, 1.165) is 11.8 Å². The maximum absolute atomic E-state index is 13.5. The Balaban J connectivity index is 3.06. The van der Waals surface area contributed by atoms with E-state index in [4.69, 9.17) is 0 Å². The van der Waals surface area contributed by atoms with Crippen LogP contribution in [0.2, 0.25) is 0 Å². The van der Waals surface area contributed by atoms with Gasteiger partial charge < -0.3 is 19.8 Å². The molecule has 0 aliphatic carbocycles. The van der Waals surface area contributed by atoms with E-state index in [-0.39, 0.29) is 6.54 Å². The minimum absolute atomic E-state index is 0.104. The molecule has 0 aliphatic rings. The first-order valence-electron chi connectivity index (χ1n) is 7.32. The normalized spacial score (nSPS) is 14.5. The second-order valence-electron chi connectivity index (χ2n) is 5.30. The smallest absolute Gasteiger partial charge is 0.343 e. The number of amides is 1. The molecule has 3 atom stereocenters. The summed E-state index contributed by atoms with van der Waals surface area (Å²) in [7, 11) is 0. The average Bonchev–Trinajstić information content (AvgIpc) is 2.60. The van der Waals surface area contributed by atoms with Crippen molar-refractivity contribution in [2.24, 2.45) is 0 Å². The van der Waals surface area contributed by atoms with Crippen molar-refractivity contribution in [1.29, 1.82) is 0 Å². The maximum Gasteiger partial charge on any atom is 0.343 e. The van der Waals surface area contributed by atoms with Crippen LogP contribution < -0.4 is 4.74 Å². The predicted molar refractivity (Wildman–Crippen MR) is 76.4 cm³/mol. The Kier molecular flexibility index (Phi) is 7.04. The molecule has 1 aromatic carbocycles. The molecule has 0 saturated carbocycles. The van der Waals surface area contributed by atoms with Crippen LogP contribution in [0.1, 0.15) is 20.8 Å². The van der Waals surface area contributed by atoms with Crippen molar-refractivity contribution in [1.82, 2.24) is 4.90 Å². The number of aliphatic hydroxyl groups excluding tert-OH is 2. The standard InChI is InChI=1S/C15H16F5NO5/c1-4-21(6(3)22)5(2)12(23)13(24)15(25)26-14-10(19)8(17)7(16)9(18)11(14)20/h5,12-13,23-24H,4H2,1-3H3/t5-,12?,13?/m0/s1. The van der Waals surface area contributed by atoms with E-state index in [9.17, 15) is 41.8 Å². The lowest BCUT2D eigenvalue weighted by Crippen LogP contribution is -2.51. The minimum Gasteiger partial charge on any atom is -0.418 e. The molecule has 0 radical (unpaired) electrons. The first kappa shape index (κ1) is 21.8. The lowest BCUT2D eigenvalue weighted by Gasteiger charge is -2.32. The fraction of sp³-hybridized carbons (Fsp3) is 0.467. The number of esters is 1. The molecule has 1 aromatic rings. The summed E-state index contributed by atoms with van der Waals surface area (Å²) in [6.45, 7) is 4.08. The second-order valence-corrected chi connectivity index (χ2v) is 5.30. The molecule has 146 valence electrons. The summed E-state index contributed by atoms with van der Waals surface area (Å²) >= 11 is 0. The first-order chi connectivity index (χ1) is 11.9. The van der Waals surface area contributed by atoms with Crippen molar-refractivity contribution >= 4 is 11.9 Å². The van der Waals surface area contributed by atoms with Gasteiger partial charge >= 0.3 is 5.97 Å². The van der Waals surface area contributed by atoms with Crippen LogP contribution in [-0.4, -0.2) is 51.8 Å². The van der Waals surface area contributed by atoms with Gasteiger partial charge in [-0.15, -0.1) is 0 Å². The zero-order valence-electron chi connectivity index (χ0n) is 13.9. The van der Waals surface area contributed by atoms with Crippen LogP contribution in [0.4, 0.5) is 22.0 Å². The third-order valence-electron chi connectivity index (χ3n) is 3.67. The Morgan fingerprint density at radius 3 is 1.81 bits per heavy atom. The van der Waals surface area contributed by atoms with Gasteiger partial charge in [0, 0.05) is 13.5 Å². The van der Waals surface area contributed by atoms with E-state index >= 15 is 0 Å². The number of aliphatic hydroxyl groups is 2. The Morgan fingerprint density at radius 2 is 1.42 bits per heavy atom. The minimum atomic E-state index is -2.45. The van der Waals surface area contributed by atoms with Crippen LogP contribution in [0.15, 0.2) is 0 Å². The largest absolute Gasteiger partial charge is 0.418 e. The molecule has 0 heterocycles. The highest BCUT2D eigenvalue weighted by Gasteiger charge is 2.36. The topological polar surface area (TPSA) is 87.1 Å². The Hall–Kier alpha value is -2.27. The summed E-state index contributed by atoms with van der Waals surface area (Å²) in [6, 6.07) is -1.11. The molecular weight excluding hydrogens is 369 g/mol. The lowest BCUT2D eigenvalue weighted by atomic mass is 10.1. The SMILES string of the molecule is CCN(C(C)=O)[C@@H](C)C(O)C(O)C(=O)Oc1c(F)c(F)c(F)c(F)c1F. The fourth-order valence-corrected chi connectivity index (χ4v) is 2.22. The van der Waals surface area contributed by atoms with Gasteiger partial charge in [0.05, 0.1) is 6.04 Å². The number of carbonyl (C=O) groups is 2. The molecular formula is C15H16F5NO5. The van der Waals surface area contributed by atoms with Gasteiger partial charge in [0.2, 0.25) is 40.7 Å². The number of rotatable bonds is 6. The van der Waals surface area contributed by atoms with E-state index in [1.54, 1.807) is 6.92 Å². The van der Waals surface area contributed by atoms with E-state index in [1.165, 1.54) is 6.92 Å². The Bertz CT molecular complexity index is 685. The average molecular weight is 385 g/mol. The van der Waals surface area contributed by atoms with Crippen LogP contribution in [0, 0.1) is 29.1 Å². The van der Waals surface area contributed by atoms with E-state index in [1.807, 2.05) is 0 Å². The van der Waals surface area contributed by atoms with E-state index < -0.39 is 65.0 Å². The molecule has 0 bridgehead atoms. The zero-order chi connectivity index (χ0) is 20.3. The van der Waals surface area contributed by atoms with Crippen LogP contribution in [0.5, 0.6) is 5.75 Å². The molecule has 0 spiro atoms. The number of halogens is 5. The van der Waals surface area contributed by atoms with Crippen molar-refractivity contribution in [2.45, 2.75) is 39.0 Å². The number of ether oxygens (including phenoxy) is 1. The maximum atomic E-state index is 13.5. The molecule has 0 aromatic heterocycles. The van der Waals surface area contributed by atoms with Crippen LogP contribution in [-0.2, 0) is 9.59 Å². The van der Waals surface area contributed by atoms with Gasteiger partial charge in [-0.3, -0.25) is 4.79 Å². The second kappa shape index (κ2) is 8.41. The van der Waals surface area contributed by atoms with Crippen molar-refractivity contribution in [3.05, 3.63) is 29.1 Å². The lowest BCUT2D eigenvalue weighted by molar-refractivity contribution is -0.155. The van der Waals surface area contributed by atoms with Gasteiger partial charge in [0.1, 0.15) is 6.10 Å². The molecule has 2 unspecified atom stereocenters. The molecule has 2 N–H and O–H groups in total. The highest BCUT2D eigenvalue weighted by atomic mass is 19.2. The van der Waals surface area contributed by atoms with Crippen LogP contribution in [0.25, 0.3) is 0 Å². The van der Waals surface area contributed by atoms with Gasteiger partial charge in [-0.1, -0.05) is 0 Å². The number of hydrogen-bond donors (Lipinski definition) is 2. The molecule has 26 heavy (non-hydrogen) atoms. The van der Waals surface area contributed by atoms with E-state index in [2.05, 4.69) is 4.74 Å². The predicted octanol–water partition coefficient (Wildman–Crippen LogP) is 1.27. The highest BCUT2D eigenvalue weighted by Crippen LogP contribution is 2.29. The van der Waals surface area contributed by atoms with Gasteiger partial charge in [-0.05, 0) is 13.8 Å². The molecule has 6 nitrogen and oxygen atoms in total. The van der Waals surface area contributed by atoms with Crippen molar-refractivity contribution in [3.8, 4) is 5.75 Å². The molecule has 0 aliphatic heterocycles. The number of benzene rings is 1. The van der Waals surface area contributed by atoms with Crippen molar-refractivity contribution < 1.29 is 46.5 Å². The summed E-state index contributed by atoms with van der Waals surface area (Å²) in [4.78, 5) is 24.2. The van der Waals surface area contributed by atoms with Crippen molar-refractivity contribution in [3.63, 3.8) is 0 Å². The van der Waals surface area contributed by atoms with Gasteiger partial charge in [-0.25, -0.2) is 18.0 Å². The molecule has 11 heteroatoms. The van der Waals surface area contributed by atoms with Gasteiger partial charge in [-0.2, -0.15) is 8.78 Å². The third-order valence-corrected chi connectivity index (χ3v) is 3.67. The van der Waals surface area contributed by atoms with E-state index in [0.29, 0.717) is 0 Å². The highest BCUT2D eigenvalue weighted by molar-refractivity contribution is 5.78. The summed E-state index contributed by atoms with van der Waals surface area (Å²) in [5.74, 6) is -16.2.